The van der Waals surface area contributed by atoms with E-state index in [2.05, 4.69) is 16.1 Å². The molecule has 4 amide bonds. The highest BCUT2D eigenvalue weighted by atomic mass is 35.5. The van der Waals surface area contributed by atoms with Gasteiger partial charge in [-0.2, -0.15) is 10.4 Å². The fourth-order valence-electron chi connectivity index (χ4n) is 2.79. The molecule has 10 nitrogen and oxygen atoms in total. The first kappa shape index (κ1) is 26.0. The molecular weight excluding hydrogens is 450 g/mol. The van der Waals surface area contributed by atoms with Crippen LogP contribution in [0.25, 0.3) is 0 Å². The smallest absolute Gasteiger partial charge is 0.319 e. The van der Waals surface area contributed by atoms with Gasteiger partial charge in [-0.05, 0) is 43.7 Å². The van der Waals surface area contributed by atoms with Gasteiger partial charge < -0.3 is 10.6 Å². The van der Waals surface area contributed by atoms with Crippen LogP contribution < -0.4 is 25.9 Å². The highest BCUT2D eigenvalue weighted by Crippen LogP contribution is 2.21. The van der Waals surface area contributed by atoms with Crippen LogP contribution in [0.2, 0.25) is 0 Å². The molecule has 0 fully saturated rings. The molecule has 5 N–H and O–H groups in total. The number of hydrogen-bond acceptors (Lipinski definition) is 6. The standard InChI is InChI=1S/C13H13N3O3.C9H14ClN2O2/c1-2-14-13(19)15-9-3-5-10(6-4-9)16-11(17)7-8-12(16)18;1-2-11-12(13,14)9-5-3-8(7-10)4-6-9/h3-8H,2H2,1H3,(H2,14,15,19);3-6,11,13-14H,2,7H2,1H3/q;+1. The quantitative estimate of drug-likeness (QED) is 0.180. The van der Waals surface area contributed by atoms with Gasteiger partial charge in [0.2, 0.25) is 5.69 Å². The normalized spacial score (nSPS) is 12.9. The Morgan fingerprint density at radius 1 is 0.939 bits per heavy atom. The van der Waals surface area contributed by atoms with E-state index in [4.69, 9.17) is 11.6 Å². The van der Waals surface area contributed by atoms with Crippen molar-refractivity contribution in [1.82, 2.24) is 15.7 Å². The zero-order valence-electron chi connectivity index (χ0n) is 18.3. The van der Waals surface area contributed by atoms with E-state index in [0.29, 0.717) is 36.0 Å². The number of urea groups is 1. The molecule has 176 valence electrons. The molecule has 0 bridgehead atoms. The molecule has 0 saturated carbocycles. The van der Waals surface area contributed by atoms with Crippen molar-refractivity contribution in [2.24, 2.45) is 0 Å². The number of halogens is 1. The fraction of sp³-hybridized carbons (Fsp3) is 0.227. The van der Waals surface area contributed by atoms with E-state index in [1.807, 2.05) is 6.92 Å². The maximum absolute atomic E-state index is 11.5. The minimum absolute atomic E-state index is 0.301. The predicted molar refractivity (Wildman–Crippen MR) is 126 cm³/mol. The summed E-state index contributed by atoms with van der Waals surface area (Å²) in [5.74, 6) is -0.318. The van der Waals surface area contributed by atoms with Gasteiger partial charge in [-0.1, -0.05) is 17.6 Å². The summed E-state index contributed by atoms with van der Waals surface area (Å²) >= 11 is 5.61. The number of amides is 4. The van der Waals surface area contributed by atoms with Crippen molar-refractivity contribution in [3.8, 4) is 0 Å². The Morgan fingerprint density at radius 2 is 1.52 bits per heavy atom. The molecule has 1 aliphatic rings. The Bertz CT molecular complexity index is 975. The Balaban J connectivity index is 0.000000245. The third kappa shape index (κ3) is 7.38. The average molecular weight is 477 g/mol. The number of nitrogens with zero attached hydrogens (tertiary/aromatic N) is 2. The number of alkyl halides is 1. The number of carbonyl (C=O) groups excluding carboxylic acids is 3. The lowest BCUT2D eigenvalue weighted by Crippen LogP contribution is -2.54. The van der Waals surface area contributed by atoms with E-state index in [-0.39, 0.29) is 17.8 Å². The molecule has 11 heteroatoms. The molecule has 0 aliphatic carbocycles. The van der Waals surface area contributed by atoms with Crippen LogP contribution in [0, 0.1) is 0 Å². The van der Waals surface area contributed by atoms with Crippen LogP contribution in [0.4, 0.5) is 21.9 Å². The van der Waals surface area contributed by atoms with Gasteiger partial charge in [0.15, 0.2) is 0 Å². The molecule has 33 heavy (non-hydrogen) atoms. The molecule has 1 aliphatic heterocycles. The van der Waals surface area contributed by atoms with Gasteiger partial charge in [-0.15, -0.1) is 11.6 Å². The van der Waals surface area contributed by atoms with Crippen LogP contribution in [-0.2, 0) is 15.5 Å². The number of anilines is 2. The van der Waals surface area contributed by atoms with Gasteiger partial charge in [0.1, 0.15) is 0 Å². The molecule has 3 rings (SSSR count). The van der Waals surface area contributed by atoms with E-state index in [1.54, 1.807) is 55.5 Å². The minimum Gasteiger partial charge on any atom is -0.338 e. The number of quaternary nitrogens is 1. The first-order valence-corrected chi connectivity index (χ1v) is 10.7. The maximum Gasteiger partial charge on any atom is 0.319 e. The van der Waals surface area contributed by atoms with Gasteiger partial charge in [-0.3, -0.25) is 9.59 Å². The average Bonchev–Trinajstić information content (AvgIpc) is 3.13. The molecule has 0 atom stereocenters. The van der Waals surface area contributed by atoms with Crippen molar-refractivity contribution >= 4 is 46.5 Å². The summed E-state index contributed by atoms with van der Waals surface area (Å²) in [5.41, 5.74) is 4.83. The van der Waals surface area contributed by atoms with Gasteiger partial charge in [0.05, 0.1) is 10.6 Å². The molecule has 0 saturated heterocycles. The van der Waals surface area contributed by atoms with E-state index in [9.17, 15) is 24.8 Å². The SMILES string of the molecule is CCNC(=O)Nc1ccc(N2C(=O)C=CC2=O)cc1.CCN[N+](O)(O)c1ccc(CCl)cc1. The highest BCUT2D eigenvalue weighted by Gasteiger charge is 2.26. The lowest BCUT2D eigenvalue weighted by Gasteiger charge is -2.19. The van der Waals surface area contributed by atoms with Crippen molar-refractivity contribution < 1.29 is 24.8 Å². The van der Waals surface area contributed by atoms with Crippen molar-refractivity contribution in [2.45, 2.75) is 19.7 Å². The van der Waals surface area contributed by atoms with E-state index < -0.39 is 4.92 Å². The summed E-state index contributed by atoms with van der Waals surface area (Å²) in [7, 11) is 0. The molecular formula is C22H27ClN5O5+. The topological polar surface area (TPSA) is 131 Å². The second-order valence-electron chi connectivity index (χ2n) is 6.79. The molecule has 0 aromatic heterocycles. The molecule has 2 aromatic carbocycles. The summed E-state index contributed by atoms with van der Waals surface area (Å²) in [6, 6.07) is 12.9. The number of carbonyl (C=O) groups is 3. The second kappa shape index (κ2) is 12.1. The first-order valence-electron chi connectivity index (χ1n) is 10.2. The minimum atomic E-state index is -1.31. The summed E-state index contributed by atoms with van der Waals surface area (Å²) < 4.78 is 0. The van der Waals surface area contributed by atoms with Crippen molar-refractivity contribution in [1.29, 1.82) is 0 Å². The van der Waals surface area contributed by atoms with E-state index in [0.717, 1.165) is 10.5 Å². The Hall–Kier alpha value is -3.28. The monoisotopic (exact) mass is 476 g/mol. The third-order valence-electron chi connectivity index (χ3n) is 4.36. The van der Waals surface area contributed by atoms with Gasteiger partial charge in [0, 0.05) is 48.9 Å². The number of rotatable bonds is 7. The van der Waals surface area contributed by atoms with Crippen molar-refractivity contribution in [3.05, 3.63) is 66.2 Å². The fourth-order valence-corrected chi connectivity index (χ4v) is 2.97. The molecule has 2 aromatic rings. The van der Waals surface area contributed by atoms with Crippen LogP contribution in [-0.4, -0.2) is 41.3 Å². The summed E-state index contributed by atoms with van der Waals surface area (Å²) in [6.07, 6.45) is 2.45. The zero-order chi connectivity index (χ0) is 24.4. The van der Waals surface area contributed by atoms with Crippen LogP contribution in [0.5, 0.6) is 0 Å². The van der Waals surface area contributed by atoms with Crippen LogP contribution in [0.15, 0.2) is 60.7 Å². The largest absolute Gasteiger partial charge is 0.338 e. The molecule has 0 radical (unpaired) electrons. The number of hydrogen-bond donors (Lipinski definition) is 5. The van der Waals surface area contributed by atoms with E-state index >= 15 is 0 Å². The molecule has 1 heterocycles. The summed E-state index contributed by atoms with van der Waals surface area (Å²) in [4.78, 5) is 34.0. The van der Waals surface area contributed by atoms with Crippen LogP contribution in [0.1, 0.15) is 19.4 Å². The second-order valence-corrected chi connectivity index (χ2v) is 7.06. The van der Waals surface area contributed by atoms with Gasteiger partial charge in [-0.25, -0.2) is 9.69 Å². The molecule has 0 spiro atoms. The number of benzene rings is 2. The van der Waals surface area contributed by atoms with E-state index in [1.165, 1.54) is 12.2 Å². The summed E-state index contributed by atoms with van der Waals surface area (Å²) in [5, 5.41) is 24.2. The lowest BCUT2D eigenvalue weighted by atomic mass is 10.2. The highest BCUT2D eigenvalue weighted by molar-refractivity contribution is 6.28. The summed E-state index contributed by atoms with van der Waals surface area (Å²) in [6.45, 7) is 4.59. The Labute approximate surface area is 196 Å². The van der Waals surface area contributed by atoms with Crippen LogP contribution >= 0.6 is 11.6 Å². The van der Waals surface area contributed by atoms with Crippen LogP contribution in [0.3, 0.4) is 0 Å². The van der Waals surface area contributed by atoms with Gasteiger partial charge in [0.25, 0.3) is 11.8 Å². The number of nitrogens with one attached hydrogen (secondary N) is 3. The lowest BCUT2D eigenvalue weighted by molar-refractivity contribution is -0.324. The van der Waals surface area contributed by atoms with Crippen molar-refractivity contribution in [2.75, 3.05) is 23.3 Å². The van der Waals surface area contributed by atoms with Gasteiger partial charge >= 0.3 is 6.03 Å². The zero-order valence-corrected chi connectivity index (χ0v) is 19.0. The van der Waals surface area contributed by atoms with Crippen molar-refractivity contribution in [3.63, 3.8) is 0 Å². The molecule has 0 unspecified atom stereocenters. The Kier molecular flexibility index (Phi) is 9.52. The maximum atomic E-state index is 11.5. The number of imide groups is 1. The first-order chi connectivity index (χ1) is 15.7. The predicted octanol–water partition coefficient (Wildman–Crippen LogP) is 3.29. The Morgan fingerprint density at radius 3 is 2.00 bits per heavy atom. The third-order valence-corrected chi connectivity index (χ3v) is 4.67.